The molecule has 9 heavy (non-hydrogen) atoms. The molecule has 1 aromatic rings. The van der Waals surface area contributed by atoms with Crippen LogP contribution in [0.5, 0.6) is 0 Å². The lowest BCUT2D eigenvalue weighted by Gasteiger charge is -1.98. The van der Waals surface area contributed by atoms with Gasteiger partial charge >= 0.3 is 0 Å². The second kappa shape index (κ2) is 2.88. The zero-order valence-electron chi connectivity index (χ0n) is 5.26. The van der Waals surface area contributed by atoms with E-state index in [1.807, 2.05) is 37.3 Å². The van der Waals surface area contributed by atoms with E-state index in [1.165, 1.54) is 0 Å². The molecular weight excluding hydrogens is 132 g/mol. The Morgan fingerprint density at radius 1 is 1.22 bits per heavy atom. The molecule has 0 saturated carbocycles. The predicted octanol–water partition coefficient (Wildman–Crippen LogP) is 2.83. The molecule has 0 aliphatic rings. The van der Waals surface area contributed by atoms with Crippen LogP contribution in [0.25, 0.3) is 0 Å². The van der Waals surface area contributed by atoms with Crippen molar-refractivity contribution in [3.05, 3.63) is 41.3 Å². The molecule has 0 aliphatic heterocycles. The van der Waals surface area contributed by atoms with Crippen molar-refractivity contribution in [1.29, 1.82) is 0 Å². The molecule has 0 bridgehead atoms. The Morgan fingerprint density at radius 2 is 1.78 bits per heavy atom. The molecule has 0 spiro atoms. The van der Waals surface area contributed by atoms with E-state index in [1.54, 1.807) is 0 Å². The van der Waals surface area contributed by atoms with Gasteiger partial charge in [-0.3, -0.25) is 0 Å². The average molecular weight is 140 g/mol. The smallest absolute Gasteiger partial charge is 0.0896 e. The van der Waals surface area contributed by atoms with E-state index in [9.17, 15) is 0 Å². The van der Waals surface area contributed by atoms with Crippen molar-refractivity contribution in [1.82, 2.24) is 0 Å². The standard InChI is InChI=1S/C8H8Cl/c1-7(9)8-5-3-2-4-6-8/h2-6H,1H3. The minimum Gasteiger partial charge on any atom is -0.112 e. The van der Waals surface area contributed by atoms with E-state index in [2.05, 4.69) is 0 Å². The third kappa shape index (κ3) is 1.72. The summed E-state index contributed by atoms with van der Waals surface area (Å²) in [6.45, 7) is 1.89. The fourth-order valence-electron chi connectivity index (χ4n) is 0.668. The lowest BCUT2D eigenvalue weighted by atomic mass is 10.2. The highest BCUT2D eigenvalue weighted by Gasteiger charge is 1.97. The van der Waals surface area contributed by atoms with Crippen LogP contribution in [0.4, 0.5) is 0 Å². The first-order valence-corrected chi connectivity index (χ1v) is 3.23. The maximum absolute atomic E-state index is 5.72. The van der Waals surface area contributed by atoms with Crippen LogP contribution < -0.4 is 0 Å². The van der Waals surface area contributed by atoms with Gasteiger partial charge in [0.05, 0.1) is 5.38 Å². The van der Waals surface area contributed by atoms with Crippen LogP contribution in [0.1, 0.15) is 12.5 Å². The monoisotopic (exact) mass is 139 g/mol. The van der Waals surface area contributed by atoms with Gasteiger partial charge in [-0.05, 0) is 12.5 Å². The number of hydrogen-bond donors (Lipinski definition) is 0. The molecule has 0 nitrogen and oxygen atoms in total. The zero-order chi connectivity index (χ0) is 6.69. The minimum absolute atomic E-state index is 0.843. The number of halogens is 1. The van der Waals surface area contributed by atoms with Gasteiger partial charge in [0.1, 0.15) is 0 Å². The van der Waals surface area contributed by atoms with Crippen LogP contribution in [0.15, 0.2) is 30.3 Å². The van der Waals surface area contributed by atoms with Crippen molar-refractivity contribution >= 4 is 11.6 Å². The van der Waals surface area contributed by atoms with Crippen LogP contribution in [0, 0.1) is 5.38 Å². The third-order valence-electron chi connectivity index (χ3n) is 1.17. The molecule has 1 aromatic carbocycles. The van der Waals surface area contributed by atoms with E-state index >= 15 is 0 Å². The highest BCUT2D eigenvalue weighted by Crippen LogP contribution is 2.16. The fraction of sp³-hybridized carbons (Fsp3) is 0.125. The Kier molecular flexibility index (Phi) is 2.12. The Hall–Kier alpha value is -0.490. The molecule has 0 fully saturated rings. The first-order valence-electron chi connectivity index (χ1n) is 2.85. The van der Waals surface area contributed by atoms with Gasteiger partial charge in [-0.1, -0.05) is 30.3 Å². The largest absolute Gasteiger partial charge is 0.112 e. The van der Waals surface area contributed by atoms with Crippen molar-refractivity contribution in [2.24, 2.45) is 0 Å². The molecule has 47 valence electrons. The maximum atomic E-state index is 5.72. The van der Waals surface area contributed by atoms with Crippen LogP contribution in [-0.2, 0) is 0 Å². The van der Waals surface area contributed by atoms with Crippen LogP contribution in [-0.4, -0.2) is 0 Å². The summed E-state index contributed by atoms with van der Waals surface area (Å²) in [7, 11) is 0. The second-order valence-corrected chi connectivity index (χ2v) is 2.47. The van der Waals surface area contributed by atoms with Crippen LogP contribution in [0.3, 0.4) is 0 Å². The summed E-state index contributed by atoms with van der Waals surface area (Å²) >= 11 is 5.72. The summed E-state index contributed by atoms with van der Waals surface area (Å²) in [5, 5.41) is 0.843. The number of benzene rings is 1. The summed E-state index contributed by atoms with van der Waals surface area (Å²) in [6, 6.07) is 9.90. The first kappa shape index (κ1) is 6.63. The van der Waals surface area contributed by atoms with Gasteiger partial charge in [-0.25, -0.2) is 0 Å². The predicted molar refractivity (Wildman–Crippen MR) is 40.3 cm³/mol. The minimum atomic E-state index is 0.843. The highest BCUT2D eigenvalue weighted by atomic mass is 35.5. The van der Waals surface area contributed by atoms with Crippen molar-refractivity contribution in [2.45, 2.75) is 6.92 Å². The van der Waals surface area contributed by atoms with Gasteiger partial charge in [0.2, 0.25) is 0 Å². The Morgan fingerprint density at radius 3 is 2.11 bits per heavy atom. The van der Waals surface area contributed by atoms with Gasteiger partial charge in [0.15, 0.2) is 0 Å². The van der Waals surface area contributed by atoms with E-state index in [0.717, 1.165) is 10.9 Å². The number of rotatable bonds is 1. The first-order chi connectivity index (χ1) is 4.30. The van der Waals surface area contributed by atoms with Gasteiger partial charge in [-0.15, -0.1) is 11.6 Å². The van der Waals surface area contributed by atoms with Gasteiger partial charge in [0.25, 0.3) is 0 Å². The topological polar surface area (TPSA) is 0 Å². The normalized spacial score (nSPS) is 10.1. The van der Waals surface area contributed by atoms with E-state index < -0.39 is 0 Å². The second-order valence-electron chi connectivity index (χ2n) is 1.90. The van der Waals surface area contributed by atoms with E-state index in [-0.39, 0.29) is 0 Å². The van der Waals surface area contributed by atoms with Gasteiger partial charge in [-0.2, -0.15) is 0 Å². The Balaban J connectivity index is 2.85. The molecule has 0 amide bonds. The third-order valence-corrected chi connectivity index (χ3v) is 1.39. The Bertz CT molecular complexity index is 167. The van der Waals surface area contributed by atoms with Crippen LogP contribution in [0.2, 0.25) is 0 Å². The SMILES string of the molecule is C[C](Cl)c1ccccc1. The summed E-state index contributed by atoms with van der Waals surface area (Å²) in [5.41, 5.74) is 1.10. The molecule has 0 aliphatic carbocycles. The molecule has 0 saturated heterocycles. The molecule has 1 rings (SSSR count). The summed E-state index contributed by atoms with van der Waals surface area (Å²) in [6.07, 6.45) is 0. The van der Waals surface area contributed by atoms with Gasteiger partial charge in [0, 0.05) is 0 Å². The van der Waals surface area contributed by atoms with Gasteiger partial charge < -0.3 is 0 Å². The van der Waals surface area contributed by atoms with Crippen molar-refractivity contribution in [3.8, 4) is 0 Å². The van der Waals surface area contributed by atoms with E-state index in [0.29, 0.717) is 0 Å². The van der Waals surface area contributed by atoms with Crippen molar-refractivity contribution < 1.29 is 0 Å². The molecule has 0 unspecified atom stereocenters. The zero-order valence-corrected chi connectivity index (χ0v) is 6.02. The molecule has 0 heterocycles. The number of hydrogen-bond acceptors (Lipinski definition) is 0. The lowest BCUT2D eigenvalue weighted by Crippen LogP contribution is -1.81. The quantitative estimate of drug-likeness (QED) is 0.561. The molecule has 0 N–H and O–H groups in total. The highest BCUT2D eigenvalue weighted by molar-refractivity contribution is 6.28. The molecule has 0 atom stereocenters. The average Bonchev–Trinajstić information content (AvgIpc) is 1.90. The van der Waals surface area contributed by atoms with E-state index in [4.69, 9.17) is 11.6 Å². The summed E-state index contributed by atoms with van der Waals surface area (Å²) in [4.78, 5) is 0. The summed E-state index contributed by atoms with van der Waals surface area (Å²) in [5.74, 6) is 0. The van der Waals surface area contributed by atoms with Crippen molar-refractivity contribution in [3.63, 3.8) is 0 Å². The molecule has 0 aromatic heterocycles. The molecule has 1 heteroatoms. The summed E-state index contributed by atoms with van der Waals surface area (Å²) < 4.78 is 0. The molecular formula is C8H8Cl. The lowest BCUT2D eigenvalue weighted by molar-refractivity contribution is 1.36. The molecule has 1 radical (unpaired) electrons. The fourth-order valence-corrected chi connectivity index (χ4v) is 0.794. The van der Waals surface area contributed by atoms with Crippen molar-refractivity contribution in [2.75, 3.05) is 0 Å². The maximum Gasteiger partial charge on any atom is 0.0896 e. The van der Waals surface area contributed by atoms with Crippen LogP contribution >= 0.6 is 11.6 Å². The Labute approximate surface area is 60.5 Å².